The molecule has 2 heterocycles. The Morgan fingerprint density at radius 1 is 1.25 bits per heavy atom. The first kappa shape index (κ1) is 16.2. The molecule has 0 radical (unpaired) electrons. The topological polar surface area (TPSA) is 87.5 Å². The zero-order valence-corrected chi connectivity index (χ0v) is 13.3. The van der Waals surface area contributed by atoms with Gasteiger partial charge in [0.05, 0.1) is 18.3 Å². The molecule has 1 fully saturated rings. The van der Waals surface area contributed by atoms with Crippen molar-refractivity contribution in [2.24, 2.45) is 0 Å². The lowest BCUT2D eigenvalue weighted by Crippen LogP contribution is -2.41. The maximum atomic E-state index is 12.0. The number of carbonyl (C=O) groups is 1. The van der Waals surface area contributed by atoms with Crippen molar-refractivity contribution in [1.29, 1.82) is 0 Å². The van der Waals surface area contributed by atoms with Gasteiger partial charge in [-0.05, 0) is 12.5 Å². The van der Waals surface area contributed by atoms with Gasteiger partial charge in [-0.1, -0.05) is 30.3 Å². The summed E-state index contributed by atoms with van der Waals surface area (Å²) in [6.45, 7) is 1.50. The Morgan fingerprint density at radius 3 is 2.75 bits per heavy atom. The molecule has 0 bridgehead atoms. The molecule has 126 valence electrons. The van der Waals surface area contributed by atoms with E-state index in [4.69, 9.17) is 0 Å². The van der Waals surface area contributed by atoms with Gasteiger partial charge in [0, 0.05) is 31.3 Å². The number of rotatable bonds is 4. The van der Waals surface area contributed by atoms with Gasteiger partial charge in [-0.25, -0.2) is 9.48 Å². The number of β-amino-alcohol motifs (C(OH)–C–C–N with tert-alkyl or cyclic N) is 1. The van der Waals surface area contributed by atoms with Gasteiger partial charge in [-0.2, -0.15) is 5.10 Å². The van der Waals surface area contributed by atoms with Crippen LogP contribution in [0, 0.1) is 0 Å². The van der Waals surface area contributed by atoms with Crippen LogP contribution < -0.4 is 10.9 Å². The zero-order chi connectivity index (χ0) is 16.9. The number of urea groups is 1. The predicted octanol–water partition coefficient (Wildman–Crippen LogP) is 0.686. The minimum atomic E-state index is -0.442. The smallest absolute Gasteiger partial charge is 0.317 e. The fraction of sp³-hybridized carbons (Fsp3) is 0.353. The minimum Gasteiger partial charge on any atom is -0.391 e. The Balaban J connectivity index is 1.61. The molecule has 1 atom stereocenters. The van der Waals surface area contributed by atoms with Crippen molar-refractivity contribution in [2.45, 2.75) is 19.1 Å². The van der Waals surface area contributed by atoms with Crippen LogP contribution in [-0.4, -0.2) is 51.6 Å². The Bertz CT molecular complexity index is 760. The molecule has 2 N–H and O–H groups in total. The summed E-state index contributed by atoms with van der Waals surface area (Å²) in [4.78, 5) is 25.4. The van der Waals surface area contributed by atoms with Crippen molar-refractivity contribution in [2.75, 3.05) is 19.6 Å². The van der Waals surface area contributed by atoms with Crippen molar-refractivity contribution in [3.8, 4) is 11.3 Å². The van der Waals surface area contributed by atoms with Crippen molar-refractivity contribution < 1.29 is 9.90 Å². The number of carbonyl (C=O) groups excluding carboxylic acids is 1. The lowest BCUT2D eigenvalue weighted by molar-refractivity contribution is 0.171. The van der Waals surface area contributed by atoms with Crippen molar-refractivity contribution in [1.82, 2.24) is 20.0 Å². The van der Waals surface area contributed by atoms with Crippen LogP contribution in [0.25, 0.3) is 11.3 Å². The second-order valence-electron chi connectivity index (χ2n) is 5.77. The number of hydrogen-bond acceptors (Lipinski definition) is 4. The number of nitrogens with one attached hydrogen (secondary N) is 1. The summed E-state index contributed by atoms with van der Waals surface area (Å²) in [5.41, 5.74) is 1.44. The third-order valence-corrected chi connectivity index (χ3v) is 3.99. The molecule has 1 aromatic heterocycles. The fourth-order valence-electron chi connectivity index (χ4n) is 2.68. The molecular formula is C17H20N4O3. The quantitative estimate of drug-likeness (QED) is 0.864. The van der Waals surface area contributed by atoms with Gasteiger partial charge in [0.1, 0.15) is 0 Å². The molecule has 2 aromatic rings. The van der Waals surface area contributed by atoms with Crippen LogP contribution in [0.15, 0.2) is 47.3 Å². The third kappa shape index (κ3) is 3.80. The highest BCUT2D eigenvalue weighted by molar-refractivity contribution is 5.74. The predicted molar refractivity (Wildman–Crippen MR) is 89.5 cm³/mol. The van der Waals surface area contributed by atoms with Gasteiger partial charge in [-0.15, -0.1) is 0 Å². The number of hydrogen-bond donors (Lipinski definition) is 2. The molecule has 0 spiro atoms. The van der Waals surface area contributed by atoms with Gasteiger partial charge >= 0.3 is 6.03 Å². The molecular weight excluding hydrogens is 308 g/mol. The second kappa shape index (κ2) is 7.27. The van der Waals surface area contributed by atoms with E-state index in [1.54, 1.807) is 11.0 Å². The minimum absolute atomic E-state index is 0.208. The number of amides is 2. The van der Waals surface area contributed by atoms with E-state index in [2.05, 4.69) is 10.4 Å². The number of aliphatic hydroxyl groups excluding tert-OH is 1. The van der Waals surface area contributed by atoms with Crippen molar-refractivity contribution in [3.63, 3.8) is 0 Å². The Morgan fingerprint density at radius 2 is 2.04 bits per heavy atom. The maximum Gasteiger partial charge on any atom is 0.317 e. The highest BCUT2D eigenvalue weighted by Gasteiger charge is 2.23. The summed E-state index contributed by atoms with van der Waals surface area (Å²) < 4.78 is 1.35. The SMILES string of the molecule is O=C(NCCn1nc(-c2ccccc2)ccc1=O)N1CC[C@@H](O)C1. The first-order valence-corrected chi connectivity index (χ1v) is 7.98. The highest BCUT2D eigenvalue weighted by Crippen LogP contribution is 2.13. The van der Waals surface area contributed by atoms with Crippen LogP contribution in [0.1, 0.15) is 6.42 Å². The van der Waals surface area contributed by atoms with E-state index in [0.29, 0.717) is 38.3 Å². The molecule has 1 aliphatic rings. The van der Waals surface area contributed by atoms with Crippen LogP contribution in [0.2, 0.25) is 0 Å². The fourth-order valence-corrected chi connectivity index (χ4v) is 2.68. The molecule has 7 heteroatoms. The van der Waals surface area contributed by atoms with E-state index < -0.39 is 6.10 Å². The number of aliphatic hydroxyl groups is 1. The van der Waals surface area contributed by atoms with E-state index in [9.17, 15) is 14.7 Å². The summed E-state index contributed by atoms with van der Waals surface area (Å²) in [6.07, 6.45) is 0.163. The summed E-state index contributed by atoms with van der Waals surface area (Å²) in [5, 5.41) is 16.6. The summed E-state index contributed by atoms with van der Waals surface area (Å²) in [6, 6.07) is 12.6. The first-order chi connectivity index (χ1) is 11.6. The molecule has 0 unspecified atom stereocenters. The number of benzene rings is 1. The maximum absolute atomic E-state index is 12.0. The molecule has 7 nitrogen and oxygen atoms in total. The number of likely N-dealkylation sites (tertiary alicyclic amines) is 1. The molecule has 0 aliphatic carbocycles. The monoisotopic (exact) mass is 328 g/mol. The van der Waals surface area contributed by atoms with Crippen LogP contribution in [0.4, 0.5) is 4.79 Å². The summed E-state index contributed by atoms with van der Waals surface area (Å²) in [7, 11) is 0. The van der Waals surface area contributed by atoms with Crippen molar-refractivity contribution >= 4 is 6.03 Å². The summed E-state index contributed by atoms with van der Waals surface area (Å²) in [5.74, 6) is 0. The molecule has 2 amide bonds. The average molecular weight is 328 g/mol. The van der Waals surface area contributed by atoms with E-state index in [1.165, 1.54) is 10.7 Å². The number of aromatic nitrogens is 2. The van der Waals surface area contributed by atoms with Gasteiger partial charge < -0.3 is 15.3 Å². The molecule has 24 heavy (non-hydrogen) atoms. The van der Waals surface area contributed by atoms with Gasteiger partial charge in [-0.3, -0.25) is 4.79 Å². The standard InChI is InChI=1S/C17H20N4O3/c22-14-8-10-20(12-14)17(24)18-9-11-21-16(23)7-6-15(19-21)13-4-2-1-3-5-13/h1-7,14,22H,8-12H2,(H,18,24)/t14-/m1/s1. The Labute approximate surface area is 139 Å². The Kier molecular flexibility index (Phi) is 4.90. The normalized spacial score (nSPS) is 17.0. The molecule has 1 aliphatic heterocycles. The zero-order valence-electron chi connectivity index (χ0n) is 13.3. The van der Waals surface area contributed by atoms with Gasteiger partial charge in [0.25, 0.3) is 5.56 Å². The van der Waals surface area contributed by atoms with Crippen molar-refractivity contribution in [3.05, 3.63) is 52.8 Å². The van der Waals surface area contributed by atoms with Crippen LogP contribution in [0.3, 0.4) is 0 Å². The van der Waals surface area contributed by atoms with Crippen LogP contribution in [0.5, 0.6) is 0 Å². The lowest BCUT2D eigenvalue weighted by atomic mass is 10.1. The van der Waals surface area contributed by atoms with Crippen LogP contribution in [-0.2, 0) is 6.54 Å². The van der Waals surface area contributed by atoms with Gasteiger partial charge in [0.2, 0.25) is 0 Å². The van der Waals surface area contributed by atoms with Gasteiger partial charge in [0.15, 0.2) is 0 Å². The largest absolute Gasteiger partial charge is 0.391 e. The molecule has 1 saturated heterocycles. The third-order valence-electron chi connectivity index (χ3n) is 3.99. The highest BCUT2D eigenvalue weighted by atomic mass is 16.3. The van der Waals surface area contributed by atoms with E-state index >= 15 is 0 Å². The van der Waals surface area contributed by atoms with E-state index in [1.807, 2.05) is 30.3 Å². The Hall–Kier alpha value is -2.67. The molecule has 3 rings (SSSR count). The average Bonchev–Trinajstić information content (AvgIpc) is 3.04. The summed E-state index contributed by atoms with van der Waals surface area (Å²) >= 11 is 0. The van der Waals surface area contributed by atoms with E-state index in [0.717, 1.165) is 5.56 Å². The van der Waals surface area contributed by atoms with Crippen LogP contribution >= 0.6 is 0 Å². The molecule has 1 aromatic carbocycles. The second-order valence-corrected chi connectivity index (χ2v) is 5.77. The first-order valence-electron chi connectivity index (χ1n) is 7.98. The molecule has 0 saturated carbocycles. The lowest BCUT2D eigenvalue weighted by Gasteiger charge is -2.16. The van der Waals surface area contributed by atoms with E-state index in [-0.39, 0.29) is 11.6 Å². The number of nitrogens with zero attached hydrogens (tertiary/aromatic N) is 3.